The number of hydrogen-bond donors (Lipinski definition) is 2. The molecule has 4 heterocycles. The van der Waals surface area contributed by atoms with E-state index in [9.17, 15) is 10.2 Å². The maximum atomic E-state index is 10.4. The van der Waals surface area contributed by atoms with Crippen LogP contribution in [0.4, 0.5) is 0 Å². The molecule has 6 fully saturated rings. The second kappa shape index (κ2) is 3.10. The summed E-state index contributed by atoms with van der Waals surface area (Å²) >= 11 is 0. The molecule has 0 radical (unpaired) electrons. The zero-order valence-electron chi connectivity index (χ0n) is 12.0. The third-order valence-electron chi connectivity index (χ3n) is 7.21. The summed E-state index contributed by atoms with van der Waals surface area (Å²) in [5, 5.41) is 20.4. The fourth-order valence-electron chi connectivity index (χ4n) is 5.93. The van der Waals surface area contributed by atoms with Crippen LogP contribution in [0.2, 0.25) is 0 Å². The van der Waals surface area contributed by atoms with Crippen LogP contribution in [0.3, 0.4) is 0 Å². The molecule has 4 saturated heterocycles. The summed E-state index contributed by atoms with van der Waals surface area (Å²) in [6, 6.07) is 0. The van der Waals surface area contributed by atoms with E-state index in [2.05, 4.69) is 6.92 Å². The lowest BCUT2D eigenvalue weighted by Crippen LogP contribution is -2.58. The molecule has 2 aliphatic carbocycles. The maximum absolute atomic E-state index is 10.4. The van der Waals surface area contributed by atoms with Crippen molar-refractivity contribution in [2.45, 2.75) is 75.3 Å². The SMILES string of the molecule is C[C@]12C[C@@H]3C[C@@]1(CO)O[C@@H](O3)[C@@]21CC[C@](C)(O)C2OC21. The van der Waals surface area contributed by atoms with E-state index in [1.807, 2.05) is 6.92 Å². The van der Waals surface area contributed by atoms with Crippen molar-refractivity contribution in [2.24, 2.45) is 10.8 Å². The zero-order valence-corrected chi connectivity index (χ0v) is 12.0. The van der Waals surface area contributed by atoms with E-state index in [0.717, 1.165) is 19.3 Å². The van der Waals surface area contributed by atoms with Crippen molar-refractivity contribution in [3.63, 3.8) is 0 Å². The molecule has 4 aliphatic heterocycles. The maximum Gasteiger partial charge on any atom is 0.167 e. The Morgan fingerprint density at radius 2 is 1.90 bits per heavy atom. The highest BCUT2D eigenvalue weighted by Gasteiger charge is 2.85. The molecule has 2 N–H and O–H groups in total. The number of epoxide rings is 1. The van der Waals surface area contributed by atoms with Gasteiger partial charge in [-0.1, -0.05) is 6.92 Å². The summed E-state index contributed by atoms with van der Waals surface area (Å²) in [5.74, 6) is 0. The second-order valence-corrected chi connectivity index (χ2v) is 7.98. The first kappa shape index (κ1) is 12.4. The molecule has 112 valence electrons. The number of hydrogen-bond acceptors (Lipinski definition) is 5. The van der Waals surface area contributed by atoms with E-state index in [1.54, 1.807) is 0 Å². The predicted octanol–water partition coefficient (Wildman–Crippen LogP) is 0.571. The van der Waals surface area contributed by atoms with Gasteiger partial charge in [0, 0.05) is 11.8 Å². The molecule has 5 nitrogen and oxygen atoms in total. The summed E-state index contributed by atoms with van der Waals surface area (Å²) < 4.78 is 18.2. The van der Waals surface area contributed by atoms with Gasteiger partial charge >= 0.3 is 0 Å². The monoisotopic (exact) mass is 282 g/mol. The van der Waals surface area contributed by atoms with Crippen molar-refractivity contribution < 1.29 is 24.4 Å². The van der Waals surface area contributed by atoms with Crippen molar-refractivity contribution in [1.82, 2.24) is 0 Å². The van der Waals surface area contributed by atoms with E-state index in [1.165, 1.54) is 0 Å². The molecule has 2 saturated carbocycles. The van der Waals surface area contributed by atoms with Crippen molar-refractivity contribution >= 4 is 0 Å². The molecule has 0 aromatic heterocycles. The Labute approximate surface area is 118 Å². The molecule has 20 heavy (non-hydrogen) atoms. The summed E-state index contributed by atoms with van der Waals surface area (Å²) in [4.78, 5) is 0. The second-order valence-electron chi connectivity index (χ2n) is 7.98. The third kappa shape index (κ3) is 1.00. The normalized spacial score (nSPS) is 69.6. The highest BCUT2D eigenvalue weighted by atomic mass is 16.7. The predicted molar refractivity (Wildman–Crippen MR) is 67.9 cm³/mol. The Kier molecular flexibility index (Phi) is 1.92. The van der Waals surface area contributed by atoms with Gasteiger partial charge in [-0.25, -0.2) is 0 Å². The minimum absolute atomic E-state index is 0.00808. The molecule has 6 aliphatic rings. The summed E-state index contributed by atoms with van der Waals surface area (Å²) in [5.41, 5.74) is -1.52. The Morgan fingerprint density at radius 3 is 2.65 bits per heavy atom. The lowest BCUT2D eigenvalue weighted by molar-refractivity contribution is -0.272. The van der Waals surface area contributed by atoms with Crippen molar-refractivity contribution in [3.8, 4) is 0 Å². The highest BCUT2D eigenvalue weighted by Crippen LogP contribution is 2.76. The largest absolute Gasteiger partial charge is 0.393 e. The van der Waals surface area contributed by atoms with Gasteiger partial charge in [0.15, 0.2) is 6.29 Å². The number of aliphatic hydroxyl groups excluding tert-OH is 1. The van der Waals surface area contributed by atoms with Gasteiger partial charge < -0.3 is 24.4 Å². The van der Waals surface area contributed by atoms with Crippen molar-refractivity contribution in [2.75, 3.05) is 6.61 Å². The minimum atomic E-state index is -0.738. The summed E-state index contributed by atoms with van der Waals surface area (Å²) in [7, 11) is 0. The average Bonchev–Trinajstić information content (AvgIpc) is 3.14. The van der Waals surface area contributed by atoms with E-state index in [-0.39, 0.29) is 42.0 Å². The molecule has 0 amide bonds. The van der Waals surface area contributed by atoms with Crippen LogP contribution < -0.4 is 0 Å². The van der Waals surface area contributed by atoms with E-state index in [4.69, 9.17) is 14.2 Å². The molecular weight excluding hydrogens is 260 g/mol. The standard InChI is InChI=1S/C15H22O5/c1-12(17)3-4-15(10-9(12)19-10)11-18-8-5-13(15,2)14(6-8,7-16)20-11/h8-11,16-17H,3-7H2,1-2H3/t8-,9?,10?,11-,12+,13+,14+,15+/m1/s1. The number of aliphatic hydroxyl groups is 2. The van der Waals surface area contributed by atoms with Crippen LogP contribution in [0.5, 0.6) is 0 Å². The number of fused-ring (bicyclic) bond motifs is 1. The number of rotatable bonds is 1. The Hall–Kier alpha value is -0.200. The van der Waals surface area contributed by atoms with Gasteiger partial charge in [0.25, 0.3) is 0 Å². The highest BCUT2D eigenvalue weighted by molar-refractivity contribution is 5.29. The quantitative estimate of drug-likeness (QED) is 0.688. The molecule has 6 rings (SSSR count). The topological polar surface area (TPSA) is 71.5 Å². The van der Waals surface area contributed by atoms with Crippen molar-refractivity contribution in [3.05, 3.63) is 0 Å². The molecule has 1 spiro atoms. The van der Waals surface area contributed by atoms with Gasteiger partial charge in [-0.05, 0) is 26.2 Å². The van der Waals surface area contributed by atoms with Gasteiger partial charge in [0.1, 0.15) is 11.7 Å². The fourth-order valence-corrected chi connectivity index (χ4v) is 5.93. The molecule has 5 heteroatoms. The van der Waals surface area contributed by atoms with Gasteiger partial charge in [-0.15, -0.1) is 0 Å². The van der Waals surface area contributed by atoms with Crippen LogP contribution in [0.25, 0.3) is 0 Å². The molecule has 8 atom stereocenters. The van der Waals surface area contributed by atoms with Crippen LogP contribution in [-0.2, 0) is 14.2 Å². The first-order valence-corrected chi connectivity index (χ1v) is 7.71. The third-order valence-corrected chi connectivity index (χ3v) is 7.21. The Morgan fingerprint density at radius 1 is 1.10 bits per heavy atom. The summed E-state index contributed by atoms with van der Waals surface area (Å²) in [6.07, 6.45) is 3.10. The first-order chi connectivity index (χ1) is 9.39. The molecule has 0 aromatic rings. The lowest BCUT2D eigenvalue weighted by Gasteiger charge is -2.51. The van der Waals surface area contributed by atoms with Crippen molar-refractivity contribution in [1.29, 1.82) is 0 Å². The van der Waals surface area contributed by atoms with Crippen LogP contribution >= 0.6 is 0 Å². The van der Waals surface area contributed by atoms with Crippen LogP contribution in [0, 0.1) is 10.8 Å². The van der Waals surface area contributed by atoms with E-state index >= 15 is 0 Å². The van der Waals surface area contributed by atoms with Gasteiger partial charge in [-0.2, -0.15) is 0 Å². The van der Waals surface area contributed by atoms with Crippen LogP contribution in [0.15, 0.2) is 0 Å². The van der Waals surface area contributed by atoms with Gasteiger partial charge in [0.05, 0.1) is 29.8 Å². The lowest BCUT2D eigenvalue weighted by atomic mass is 9.52. The molecular formula is C15H22O5. The summed E-state index contributed by atoms with van der Waals surface area (Å²) in [6.45, 7) is 4.15. The first-order valence-electron chi connectivity index (χ1n) is 7.71. The van der Waals surface area contributed by atoms with E-state index in [0.29, 0.717) is 6.42 Å². The van der Waals surface area contributed by atoms with E-state index < -0.39 is 11.2 Å². The average molecular weight is 282 g/mol. The number of ether oxygens (including phenoxy) is 3. The fraction of sp³-hybridized carbons (Fsp3) is 1.00. The van der Waals surface area contributed by atoms with Gasteiger partial charge in [-0.3, -0.25) is 0 Å². The Balaban J connectivity index is 1.63. The smallest absolute Gasteiger partial charge is 0.167 e. The van der Waals surface area contributed by atoms with Crippen LogP contribution in [-0.4, -0.2) is 52.6 Å². The van der Waals surface area contributed by atoms with Crippen LogP contribution in [0.1, 0.15) is 39.5 Å². The minimum Gasteiger partial charge on any atom is -0.393 e. The van der Waals surface area contributed by atoms with Gasteiger partial charge in [0.2, 0.25) is 0 Å². The zero-order chi connectivity index (χ0) is 14.0. The molecule has 2 unspecified atom stereocenters. The molecule has 4 bridgehead atoms. The Bertz CT molecular complexity index is 493. The molecule has 0 aromatic carbocycles.